The minimum atomic E-state index is -0.924. The van der Waals surface area contributed by atoms with Crippen LogP contribution in [0.4, 0.5) is 0 Å². The molecule has 2 N–H and O–H groups in total. The molecule has 0 spiro atoms. The monoisotopic (exact) mass is 257 g/mol. The maximum Gasteiger partial charge on any atom is 0.203 e. The second kappa shape index (κ2) is 4.60. The summed E-state index contributed by atoms with van der Waals surface area (Å²) in [5.74, 6) is -0.119. The van der Waals surface area contributed by atoms with Crippen LogP contribution in [0.1, 0.15) is 16.9 Å². The maximum atomic E-state index is 12.6. The Morgan fingerprint density at radius 2 is 2.11 bits per heavy atom. The molecule has 1 atom stereocenters. The second-order valence-electron chi connectivity index (χ2n) is 4.75. The number of carbonyl (C=O) groups is 1. The summed E-state index contributed by atoms with van der Waals surface area (Å²) in [5.41, 5.74) is 6.55. The van der Waals surface area contributed by atoms with Crippen molar-refractivity contribution in [1.29, 1.82) is 0 Å². The van der Waals surface area contributed by atoms with Crippen molar-refractivity contribution in [3.63, 3.8) is 0 Å². The van der Waals surface area contributed by atoms with Crippen molar-refractivity contribution < 1.29 is 9.53 Å². The van der Waals surface area contributed by atoms with E-state index in [4.69, 9.17) is 10.5 Å². The average molecular weight is 257 g/mol. The Bertz CT molecular complexity index is 586. The van der Waals surface area contributed by atoms with Crippen LogP contribution in [0.25, 0.3) is 5.69 Å². The summed E-state index contributed by atoms with van der Waals surface area (Å²) >= 11 is 0. The topological polar surface area (TPSA) is 70.1 Å². The number of ketones is 1. The van der Waals surface area contributed by atoms with Gasteiger partial charge in [-0.1, -0.05) is 18.2 Å². The van der Waals surface area contributed by atoms with Gasteiger partial charge in [0.25, 0.3) is 0 Å². The standard InChI is InChI=1S/C14H15N3O2/c15-14(7-9-19-10-14)13(18)12-6-8-16-17(12)11-4-2-1-3-5-11/h1-6,8H,7,9-10,15H2. The molecule has 1 fully saturated rings. The maximum absolute atomic E-state index is 12.6. The summed E-state index contributed by atoms with van der Waals surface area (Å²) in [7, 11) is 0. The smallest absolute Gasteiger partial charge is 0.203 e. The quantitative estimate of drug-likeness (QED) is 0.838. The highest BCUT2D eigenvalue weighted by atomic mass is 16.5. The van der Waals surface area contributed by atoms with Gasteiger partial charge >= 0.3 is 0 Å². The predicted molar refractivity (Wildman–Crippen MR) is 70.2 cm³/mol. The van der Waals surface area contributed by atoms with Gasteiger partial charge in [-0.15, -0.1) is 0 Å². The van der Waals surface area contributed by atoms with E-state index in [0.29, 0.717) is 18.7 Å². The molecule has 1 aromatic heterocycles. The molecule has 5 heteroatoms. The van der Waals surface area contributed by atoms with Gasteiger partial charge in [-0.05, 0) is 24.6 Å². The van der Waals surface area contributed by atoms with Crippen molar-refractivity contribution in [3.8, 4) is 5.69 Å². The van der Waals surface area contributed by atoms with E-state index in [0.717, 1.165) is 5.69 Å². The highest BCUT2D eigenvalue weighted by molar-refractivity contribution is 6.02. The van der Waals surface area contributed by atoms with E-state index in [9.17, 15) is 4.79 Å². The minimum Gasteiger partial charge on any atom is -0.379 e. The molecular formula is C14H15N3O2. The van der Waals surface area contributed by atoms with Crippen LogP contribution in [0.15, 0.2) is 42.6 Å². The fourth-order valence-corrected chi connectivity index (χ4v) is 2.27. The molecule has 1 aliphatic heterocycles. The van der Waals surface area contributed by atoms with Crippen LogP contribution in [0, 0.1) is 0 Å². The van der Waals surface area contributed by atoms with Gasteiger partial charge in [0.15, 0.2) is 0 Å². The van der Waals surface area contributed by atoms with Crippen LogP contribution in [0.3, 0.4) is 0 Å². The van der Waals surface area contributed by atoms with Gasteiger partial charge in [0.1, 0.15) is 11.2 Å². The largest absolute Gasteiger partial charge is 0.379 e. The van der Waals surface area contributed by atoms with Crippen LogP contribution in [0.2, 0.25) is 0 Å². The Labute approximate surface area is 111 Å². The predicted octanol–water partition coefficient (Wildman–Crippen LogP) is 1.17. The van der Waals surface area contributed by atoms with Crippen LogP contribution in [-0.2, 0) is 4.74 Å². The van der Waals surface area contributed by atoms with Gasteiger partial charge in [-0.2, -0.15) is 5.10 Å². The number of nitrogens with zero attached hydrogens (tertiary/aromatic N) is 2. The van der Waals surface area contributed by atoms with E-state index in [-0.39, 0.29) is 12.4 Å². The number of aromatic nitrogens is 2. The highest BCUT2D eigenvalue weighted by Gasteiger charge is 2.40. The third-order valence-corrected chi connectivity index (χ3v) is 3.38. The molecule has 0 aliphatic carbocycles. The number of Topliss-reactive ketones (excluding diaryl/α,β-unsaturated/α-hetero) is 1. The van der Waals surface area contributed by atoms with E-state index in [2.05, 4.69) is 5.10 Å². The van der Waals surface area contributed by atoms with E-state index in [1.807, 2.05) is 30.3 Å². The summed E-state index contributed by atoms with van der Waals surface area (Å²) in [6, 6.07) is 11.2. The number of nitrogens with two attached hydrogens (primary N) is 1. The molecule has 0 amide bonds. The first-order chi connectivity index (χ1) is 9.21. The second-order valence-corrected chi connectivity index (χ2v) is 4.75. The Hall–Kier alpha value is -1.98. The van der Waals surface area contributed by atoms with E-state index >= 15 is 0 Å². The zero-order valence-corrected chi connectivity index (χ0v) is 10.5. The summed E-state index contributed by atoms with van der Waals surface area (Å²) < 4.78 is 6.87. The normalized spacial score (nSPS) is 22.6. The summed E-state index contributed by atoms with van der Waals surface area (Å²) in [6.07, 6.45) is 2.16. The van der Waals surface area contributed by atoms with Gasteiger partial charge < -0.3 is 10.5 Å². The number of carbonyl (C=O) groups excluding carboxylic acids is 1. The summed E-state index contributed by atoms with van der Waals surface area (Å²) in [4.78, 5) is 12.6. The Balaban J connectivity index is 1.99. The van der Waals surface area contributed by atoms with Gasteiger partial charge in [-0.3, -0.25) is 4.79 Å². The van der Waals surface area contributed by atoms with Gasteiger partial charge in [-0.25, -0.2) is 4.68 Å². The number of hydrogen-bond donors (Lipinski definition) is 1. The van der Waals surface area contributed by atoms with E-state index in [1.165, 1.54) is 0 Å². The molecular weight excluding hydrogens is 242 g/mol. The molecule has 98 valence electrons. The molecule has 1 unspecified atom stereocenters. The number of ether oxygens (including phenoxy) is 1. The van der Waals surface area contributed by atoms with Crippen molar-refractivity contribution in [3.05, 3.63) is 48.3 Å². The average Bonchev–Trinajstić information content (AvgIpc) is 3.08. The van der Waals surface area contributed by atoms with Crippen LogP contribution in [-0.4, -0.2) is 34.3 Å². The van der Waals surface area contributed by atoms with Crippen LogP contribution < -0.4 is 5.73 Å². The molecule has 19 heavy (non-hydrogen) atoms. The molecule has 0 saturated carbocycles. The Morgan fingerprint density at radius 1 is 1.32 bits per heavy atom. The lowest BCUT2D eigenvalue weighted by molar-refractivity contribution is 0.0855. The highest BCUT2D eigenvalue weighted by Crippen LogP contribution is 2.22. The molecule has 1 aliphatic rings. The molecule has 5 nitrogen and oxygen atoms in total. The number of benzene rings is 1. The van der Waals surface area contributed by atoms with Crippen molar-refractivity contribution >= 4 is 5.78 Å². The summed E-state index contributed by atoms with van der Waals surface area (Å²) in [5, 5.41) is 4.21. The number of para-hydroxylation sites is 1. The lowest BCUT2D eigenvalue weighted by atomic mass is 9.92. The molecule has 3 rings (SSSR count). The molecule has 1 saturated heterocycles. The van der Waals surface area contributed by atoms with Crippen LogP contribution in [0.5, 0.6) is 0 Å². The fraction of sp³-hybridized carbons (Fsp3) is 0.286. The number of hydrogen-bond acceptors (Lipinski definition) is 4. The first-order valence-electron chi connectivity index (χ1n) is 6.22. The third kappa shape index (κ3) is 2.07. The summed E-state index contributed by atoms with van der Waals surface area (Å²) in [6.45, 7) is 0.799. The lowest BCUT2D eigenvalue weighted by Gasteiger charge is -2.20. The number of rotatable bonds is 3. The van der Waals surface area contributed by atoms with Gasteiger partial charge in [0.2, 0.25) is 5.78 Å². The SMILES string of the molecule is NC1(C(=O)c2ccnn2-c2ccccc2)CCOC1. The molecule has 0 bridgehead atoms. The molecule has 1 aromatic carbocycles. The molecule has 2 heterocycles. The minimum absolute atomic E-state index is 0.119. The Morgan fingerprint density at radius 3 is 2.79 bits per heavy atom. The Kier molecular flexibility index (Phi) is 2.93. The first-order valence-corrected chi connectivity index (χ1v) is 6.22. The molecule has 2 aromatic rings. The first kappa shape index (κ1) is 12.1. The third-order valence-electron chi connectivity index (χ3n) is 3.38. The van der Waals surface area contributed by atoms with Crippen molar-refractivity contribution in [2.24, 2.45) is 5.73 Å². The zero-order valence-electron chi connectivity index (χ0n) is 10.5. The van der Waals surface area contributed by atoms with E-state index in [1.54, 1.807) is 16.9 Å². The van der Waals surface area contributed by atoms with Gasteiger partial charge in [0, 0.05) is 6.61 Å². The van der Waals surface area contributed by atoms with E-state index < -0.39 is 5.54 Å². The van der Waals surface area contributed by atoms with Crippen molar-refractivity contribution in [1.82, 2.24) is 9.78 Å². The molecule has 0 radical (unpaired) electrons. The van der Waals surface area contributed by atoms with Crippen molar-refractivity contribution in [2.75, 3.05) is 13.2 Å². The zero-order chi connectivity index (χ0) is 13.3. The lowest BCUT2D eigenvalue weighted by Crippen LogP contribution is -2.49. The van der Waals surface area contributed by atoms with Crippen molar-refractivity contribution in [2.45, 2.75) is 12.0 Å². The van der Waals surface area contributed by atoms with Gasteiger partial charge in [0.05, 0.1) is 18.5 Å². The fourth-order valence-electron chi connectivity index (χ4n) is 2.27. The van der Waals surface area contributed by atoms with Crippen LogP contribution >= 0.6 is 0 Å².